The Bertz CT molecular complexity index is 4830. The van der Waals surface area contributed by atoms with Crippen molar-refractivity contribution in [2.24, 2.45) is 30.7 Å². The summed E-state index contributed by atoms with van der Waals surface area (Å²) in [4.78, 5) is 84.6. The van der Waals surface area contributed by atoms with Gasteiger partial charge in [-0.3, -0.25) is 19.8 Å². The van der Waals surface area contributed by atoms with Crippen LogP contribution in [0, 0.1) is 70.2 Å². The largest absolute Gasteiger partial charge is 0.487 e. The molecule has 8 heterocycles. The number of hydrogen-bond acceptors (Lipinski definition) is 16. The molecule has 23 nitrogen and oxygen atoms in total. The number of piperidine rings is 4. The number of pyridine rings is 4. The average Bonchev–Trinajstić information content (AvgIpc) is 0.819. The van der Waals surface area contributed by atoms with Crippen LogP contribution in [0.4, 0.5) is 54.3 Å². The van der Waals surface area contributed by atoms with Gasteiger partial charge in [0, 0.05) is 113 Å². The number of carbonyl (C=O) groups excluding carboxylic acids is 4. The van der Waals surface area contributed by atoms with Crippen molar-refractivity contribution in [3.05, 3.63) is 201 Å². The standard InChI is InChI=1S/C23H28F2N2O4.C22H27F2N2O4.C22H26F2N2O4.C22H26F2N2O3.4CH4/c1-23(2,3)31-22(29)27-9-5-15(6-10-27)14-30-21-18(24)11-17(12-19(21)25)16-7-8-26(4)20(28)13-16;1-22(2,3)30-21(27)25-8-4-15(5-9-25)14-29-20-18(23)12-17(13-19(20)24)16-6-10-26(28)11-7-16;1-22(2,3)30-21(28)26-8-5-14(6-9-26)13-29-20-17(23)10-16(11-18(20)24)15-4-7-25-19(27)12-15;1-22(2,3)29-21(27)26-10-6-15(7-11-26)14-28-20-18(23)12-17(13-19(20)24)16-4-8-25-9-5-16;;;;/h7-8,11-13,15H,5-6,9-10,14H2,1-4H3;6-7,10-13,15,28H,4-5,8-9,14H2,1-3H3;4,7,10-12,14H,5-6,8-9,13H2,1-3H3,(H,25,27);4-5,8-9,12-13,15H,6-7,10-11,14H2,1-3H3;4*1H4/q;+1;;;;;;. The minimum atomic E-state index is -0.823. The topological polar surface area (TPSA) is 247 Å². The summed E-state index contributed by atoms with van der Waals surface area (Å²) in [5, 5.41) is 9.27. The highest BCUT2D eigenvalue weighted by Gasteiger charge is 2.34. The molecule has 0 aliphatic carbocycles. The monoisotopic (exact) mass is 1740 g/mol. The number of halogens is 8. The molecule has 0 radical (unpaired) electrons. The molecule has 4 aromatic heterocycles. The van der Waals surface area contributed by atoms with Gasteiger partial charge in [-0.05, 0) is 275 Å². The Labute approximate surface area is 722 Å². The number of carbonyl (C=O) groups is 4. The van der Waals surface area contributed by atoms with Gasteiger partial charge < -0.3 is 67.0 Å². The van der Waals surface area contributed by atoms with E-state index in [1.807, 2.05) is 83.1 Å². The summed E-state index contributed by atoms with van der Waals surface area (Å²) in [6.07, 6.45) is 12.8. The van der Waals surface area contributed by atoms with Crippen molar-refractivity contribution in [1.29, 1.82) is 0 Å². The number of amides is 4. The van der Waals surface area contributed by atoms with Gasteiger partial charge in [-0.2, -0.15) is 0 Å². The zero-order chi connectivity index (χ0) is 87.6. The summed E-state index contributed by atoms with van der Waals surface area (Å²) < 4.78 is 161. The van der Waals surface area contributed by atoms with Gasteiger partial charge in [0.1, 0.15) is 22.4 Å². The van der Waals surface area contributed by atoms with Crippen LogP contribution in [-0.2, 0) is 26.0 Å². The number of nitrogens with zero attached hydrogens (tertiary/aromatic N) is 7. The lowest BCUT2D eigenvalue weighted by atomic mass is 9.98. The molecule has 2 N–H and O–H groups in total. The van der Waals surface area contributed by atoms with Crippen molar-refractivity contribution in [2.45, 2.75) is 187 Å². The summed E-state index contributed by atoms with van der Waals surface area (Å²) in [5.74, 6) is -7.57. The minimum Gasteiger partial charge on any atom is -0.487 e. The van der Waals surface area contributed by atoms with E-state index in [4.69, 9.17) is 37.9 Å². The van der Waals surface area contributed by atoms with Gasteiger partial charge in [0.25, 0.3) is 5.56 Å². The van der Waals surface area contributed by atoms with Crippen molar-refractivity contribution in [2.75, 3.05) is 78.8 Å². The molecule has 0 unspecified atom stereocenters. The van der Waals surface area contributed by atoms with Crippen molar-refractivity contribution >= 4 is 24.4 Å². The van der Waals surface area contributed by atoms with E-state index in [0.717, 1.165) is 29.0 Å². The van der Waals surface area contributed by atoms with Gasteiger partial charge >= 0.3 is 24.4 Å². The fourth-order valence-corrected chi connectivity index (χ4v) is 13.2. The Hall–Kier alpha value is -11.4. The first-order valence-electron chi connectivity index (χ1n) is 39.9. The van der Waals surface area contributed by atoms with Gasteiger partial charge in [-0.1, -0.05) is 29.7 Å². The lowest BCUT2D eigenvalue weighted by Crippen LogP contribution is -2.42. The van der Waals surface area contributed by atoms with Crippen LogP contribution in [0.5, 0.6) is 23.0 Å². The highest BCUT2D eigenvalue weighted by Crippen LogP contribution is 2.36. The van der Waals surface area contributed by atoms with Gasteiger partial charge in [0.05, 0.1) is 26.4 Å². The number of ether oxygens (including phenoxy) is 8. The third-order valence-corrected chi connectivity index (χ3v) is 19.6. The molecule has 4 saturated heterocycles. The lowest BCUT2D eigenvalue weighted by Gasteiger charge is -2.33. The highest BCUT2D eigenvalue weighted by molar-refractivity contribution is 5.71. The Morgan fingerprint density at radius 1 is 0.379 bits per heavy atom. The molecule has 4 aliphatic heterocycles. The molecule has 680 valence electrons. The molecule has 8 aromatic rings. The summed E-state index contributed by atoms with van der Waals surface area (Å²) >= 11 is 0. The number of aromatic nitrogens is 4. The van der Waals surface area contributed by atoms with Crippen LogP contribution in [-0.4, -0.2) is 165 Å². The maximum atomic E-state index is 14.5. The van der Waals surface area contributed by atoms with Crippen LogP contribution in [0.1, 0.15) is 164 Å². The molecule has 4 amide bonds. The van der Waals surface area contributed by atoms with Crippen LogP contribution in [0.3, 0.4) is 0 Å². The number of aromatic amines is 1. The molecule has 4 aromatic carbocycles. The number of nitrogens with one attached hydrogen (secondary N) is 1. The normalized spacial score (nSPS) is 14.7. The van der Waals surface area contributed by atoms with E-state index in [-0.39, 0.29) is 132 Å². The Balaban J connectivity index is 0.000000291. The van der Waals surface area contributed by atoms with Crippen LogP contribution in [0.15, 0.2) is 144 Å². The first kappa shape index (κ1) is 103. The summed E-state index contributed by atoms with van der Waals surface area (Å²) in [7, 11) is 1.60. The number of likely N-dealkylation sites (tertiary alicyclic amines) is 4. The fraction of sp³-hybridized carbons (Fsp3) is 0.484. The van der Waals surface area contributed by atoms with Crippen molar-refractivity contribution in [3.8, 4) is 67.5 Å². The number of hydrogen-bond donors (Lipinski definition) is 2. The summed E-state index contributed by atoms with van der Waals surface area (Å²) in [5.41, 5.74) is 0.603. The number of H-pyrrole nitrogens is 1. The molecule has 0 saturated carbocycles. The molecule has 31 heteroatoms. The third kappa shape index (κ3) is 31.4. The van der Waals surface area contributed by atoms with Crippen LogP contribution >= 0.6 is 0 Å². The lowest BCUT2D eigenvalue weighted by molar-refractivity contribution is -0.904. The smallest absolute Gasteiger partial charge is 0.410 e. The number of benzene rings is 4. The van der Waals surface area contributed by atoms with E-state index >= 15 is 0 Å². The zero-order valence-corrected chi connectivity index (χ0v) is 70.0. The zero-order valence-electron chi connectivity index (χ0n) is 70.0. The maximum absolute atomic E-state index is 14.5. The number of rotatable bonds is 16. The Kier molecular flexibility index (Phi) is 38.1. The number of aryl methyl sites for hydroxylation is 1. The highest BCUT2D eigenvalue weighted by atomic mass is 19.2. The quantitative estimate of drug-likeness (QED) is 0.0395. The second-order valence-corrected chi connectivity index (χ2v) is 34.0. The van der Waals surface area contributed by atoms with Crippen molar-refractivity contribution < 1.29 is 102 Å². The fourth-order valence-electron chi connectivity index (χ4n) is 13.2. The molecule has 4 fully saturated rings. The minimum absolute atomic E-state index is 0. The van der Waals surface area contributed by atoms with E-state index in [0.29, 0.717) is 137 Å². The molecule has 12 rings (SSSR count). The molecular formula is C93H123F8N8O15+. The molecular weight excluding hydrogens is 1620 g/mol. The molecule has 0 bridgehead atoms. The van der Waals surface area contributed by atoms with E-state index in [2.05, 4.69) is 9.97 Å². The molecule has 0 atom stereocenters. The maximum Gasteiger partial charge on any atom is 0.410 e. The van der Waals surface area contributed by atoms with Crippen LogP contribution in [0.25, 0.3) is 44.5 Å². The van der Waals surface area contributed by atoms with Crippen LogP contribution < -0.4 is 34.8 Å². The predicted octanol–water partition coefficient (Wildman–Crippen LogP) is 20.5. The molecule has 0 spiro atoms. The predicted molar refractivity (Wildman–Crippen MR) is 459 cm³/mol. The summed E-state index contributed by atoms with van der Waals surface area (Å²) in [6, 6.07) is 21.8. The first-order chi connectivity index (χ1) is 56.5. The second-order valence-electron chi connectivity index (χ2n) is 34.0. The third-order valence-electron chi connectivity index (χ3n) is 19.6. The SMILES string of the molecule is C.C.C.C.CC(C)(C)OC(=O)N1CCC(COc2c(F)cc(-c3cc[n+](O)cc3)cc2F)CC1.CC(C)(C)OC(=O)N1CCC(COc2c(F)cc(-c3cc[nH]c(=O)c3)cc2F)CC1.CC(C)(C)OC(=O)N1CCC(COc2c(F)cc(-c3ccncc3)cc2F)CC1.Cn1ccc(-c2cc(F)c(OCC3CCN(C(=O)OC(C)(C)C)CC3)c(F)c2)cc1=O. The van der Waals surface area contributed by atoms with Gasteiger partial charge in [-0.25, -0.2) is 54.3 Å². The van der Waals surface area contributed by atoms with Crippen molar-refractivity contribution in [1.82, 2.24) is 34.1 Å². The van der Waals surface area contributed by atoms with Crippen molar-refractivity contribution in [3.63, 3.8) is 0 Å². The average molecular weight is 1750 g/mol. The Morgan fingerprint density at radius 3 is 0.879 bits per heavy atom. The van der Waals surface area contributed by atoms with E-state index in [1.165, 1.54) is 59.6 Å². The Morgan fingerprint density at radius 2 is 0.629 bits per heavy atom. The first-order valence-corrected chi connectivity index (χ1v) is 39.9. The molecule has 4 aliphatic rings. The second kappa shape index (κ2) is 45.8. The van der Waals surface area contributed by atoms with Gasteiger partial charge in [-0.15, -0.1) is 0 Å². The van der Waals surface area contributed by atoms with E-state index in [1.54, 1.807) is 81.6 Å². The van der Waals surface area contributed by atoms with Gasteiger partial charge in [0.2, 0.25) is 18.0 Å². The van der Waals surface area contributed by atoms with Gasteiger partial charge in [0.15, 0.2) is 69.5 Å². The van der Waals surface area contributed by atoms with Crippen LogP contribution in [0.2, 0.25) is 0 Å². The summed E-state index contributed by atoms with van der Waals surface area (Å²) in [6.45, 7) is 26.7. The molecule has 124 heavy (non-hydrogen) atoms. The van der Waals surface area contributed by atoms with E-state index in [9.17, 15) is 69.1 Å². The van der Waals surface area contributed by atoms with E-state index < -0.39 is 86.2 Å².